The highest BCUT2D eigenvalue weighted by Gasteiger charge is 2.12. The molecule has 1 saturated heterocycles. The SMILES string of the molecule is CC(C)n1cc(-c2ccnc(Nc3ccc(N4CCOCC4)cn3)n2)ccc1=O. The fraction of sp³-hybridized carbons (Fsp3) is 0.333. The number of rotatable bonds is 5. The molecule has 0 aliphatic carbocycles. The number of aromatic nitrogens is 4. The number of nitrogens with one attached hydrogen (secondary N) is 1. The first-order valence-corrected chi connectivity index (χ1v) is 9.71. The molecule has 8 nitrogen and oxygen atoms in total. The fourth-order valence-corrected chi connectivity index (χ4v) is 3.22. The second-order valence-corrected chi connectivity index (χ2v) is 7.15. The van der Waals surface area contributed by atoms with Gasteiger partial charge in [0.15, 0.2) is 0 Å². The molecule has 1 aliphatic rings. The van der Waals surface area contributed by atoms with Gasteiger partial charge in [0.2, 0.25) is 5.95 Å². The lowest BCUT2D eigenvalue weighted by Gasteiger charge is -2.28. The number of nitrogens with zero attached hydrogens (tertiary/aromatic N) is 5. The standard InChI is InChI=1S/C21H24N6O2/c1-15(2)27-14-16(3-6-20(27)28)18-7-8-22-21(24-18)25-19-5-4-17(13-23-19)26-9-11-29-12-10-26/h3-8,13-15H,9-12H2,1-2H3,(H,22,23,24,25). The van der Waals surface area contributed by atoms with Crippen molar-refractivity contribution in [2.24, 2.45) is 0 Å². The Morgan fingerprint density at radius 3 is 2.62 bits per heavy atom. The van der Waals surface area contributed by atoms with Gasteiger partial charge in [-0.25, -0.2) is 15.0 Å². The summed E-state index contributed by atoms with van der Waals surface area (Å²) >= 11 is 0. The van der Waals surface area contributed by atoms with Crippen LogP contribution in [0.3, 0.4) is 0 Å². The summed E-state index contributed by atoms with van der Waals surface area (Å²) in [4.78, 5) is 27.6. The van der Waals surface area contributed by atoms with Gasteiger partial charge in [0.05, 0.1) is 30.8 Å². The maximum absolute atomic E-state index is 12.0. The molecule has 0 saturated carbocycles. The molecule has 1 aliphatic heterocycles. The fourth-order valence-electron chi connectivity index (χ4n) is 3.22. The molecule has 29 heavy (non-hydrogen) atoms. The number of anilines is 3. The summed E-state index contributed by atoms with van der Waals surface area (Å²) < 4.78 is 7.08. The van der Waals surface area contributed by atoms with Crippen molar-refractivity contribution in [3.05, 3.63) is 59.3 Å². The predicted octanol–water partition coefficient (Wildman–Crippen LogP) is 2.86. The summed E-state index contributed by atoms with van der Waals surface area (Å²) in [6, 6.07) is 9.20. The van der Waals surface area contributed by atoms with Crippen LogP contribution in [-0.2, 0) is 4.74 Å². The second kappa shape index (κ2) is 8.40. The Labute approximate surface area is 169 Å². The smallest absolute Gasteiger partial charge is 0.250 e. The van der Waals surface area contributed by atoms with Gasteiger partial charge in [-0.3, -0.25) is 4.79 Å². The molecule has 0 aromatic carbocycles. The van der Waals surface area contributed by atoms with Crippen LogP contribution < -0.4 is 15.8 Å². The molecular weight excluding hydrogens is 368 g/mol. The van der Waals surface area contributed by atoms with Gasteiger partial charge in [-0.1, -0.05) is 0 Å². The number of hydrogen-bond acceptors (Lipinski definition) is 7. The van der Waals surface area contributed by atoms with Crippen LogP contribution in [-0.4, -0.2) is 45.8 Å². The maximum Gasteiger partial charge on any atom is 0.250 e. The third-order valence-electron chi connectivity index (χ3n) is 4.81. The van der Waals surface area contributed by atoms with E-state index in [1.54, 1.807) is 22.9 Å². The van der Waals surface area contributed by atoms with Crippen molar-refractivity contribution in [2.75, 3.05) is 36.5 Å². The van der Waals surface area contributed by atoms with Gasteiger partial charge in [-0.2, -0.15) is 0 Å². The van der Waals surface area contributed by atoms with E-state index in [0.717, 1.165) is 43.2 Å². The van der Waals surface area contributed by atoms with E-state index >= 15 is 0 Å². The molecule has 4 rings (SSSR count). The van der Waals surface area contributed by atoms with E-state index in [9.17, 15) is 4.79 Å². The van der Waals surface area contributed by atoms with Gasteiger partial charge in [-0.05, 0) is 38.1 Å². The quantitative estimate of drug-likeness (QED) is 0.715. The highest BCUT2D eigenvalue weighted by atomic mass is 16.5. The maximum atomic E-state index is 12.0. The first kappa shape index (κ1) is 19.1. The highest BCUT2D eigenvalue weighted by Crippen LogP contribution is 2.20. The Hall–Kier alpha value is -3.26. The van der Waals surface area contributed by atoms with Gasteiger partial charge >= 0.3 is 0 Å². The van der Waals surface area contributed by atoms with Crippen LogP contribution >= 0.6 is 0 Å². The van der Waals surface area contributed by atoms with E-state index in [0.29, 0.717) is 11.8 Å². The molecule has 3 aromatic heterocycles. The van der Waals surface area contributed by atoms with Crippen molar-refractivity contribution in [2.45, 2.75) is 19.9 Å². The third-order valence-corrected chi connectivity index (χ3v) is 4.81. The Morgan fingerprint density at radius 1 is 1.07 bits per heavy atom. The van der Waals surface area contributed by atoms with Gasteiger partial charge < -0.3 is 19.5 Å². The molecule has 0 bridgehead atoms. The van der Waals surface area contributed by atoms with Crippen LogP contribution in [0.4, 0.5) is 17.5 Å². The summed E-state index contributed by atoms with van der Waals surface area (Å²) in [6.45, 7) is 7.18. The van der Waals surface area contributed by atoms with Crippen molar-refractivity contribution >= 4 is 17.5 Å². The molecule has 4 heterocycles. The Morgan fingerprint density at radius 2 is 1.90 bits per heavy atom. The van der Waals surface area contributed by atoms with Crippen LogP contribution in [0.2, 0.25) is 0 Å². The van der Waals surface area contributed by atoms with Crippen molar-refractivity contribution in [3.8, 4) is 11.3 Å². The lowest BCUT2D eigenvalue weighted by Crippen LogP contribution is -2.36. The number of pyridine rings is 2. The minimum atomic E-state index is -0.0271. The average molecular weight is 392 g/mol. The summed E-state index contributed by atoms with van der Waals surface area (Å²) in [5, 5.41) is 3.15. The van der Waals surface area contributed by atoms with Crippen molar-refractivity contribution in [3.63, 3.8) is 0 Å². The molecule has 0 amide bonds. The zero-order chi connectivity index (χ0) is 20.2. The van der Waals surface area contributed by atoms with Gasteiger partial charge in [0.1, 0.15) is 5.82 Å². The zero-order valence-corrected chi connectivity index (χ0v) is 16.6. The van der Waals surface area contributed by atoms with Crippen LogP contribution in [0.1, 0.15) is 19.9 Å². The van der Waals surface area contributed by atoms with Crippen molar-refractivity contribution in [1.29, 1.82) is 0 Å². The minimum Gasteiger partial charge on any atom is -0.378 e. The van der Waals surface area contributed by atoms with Crippen LogP contribution in [0.15, 0.2) is 53.7 Å². The first-order chi connectivity index (χ1) is 14.1. The molecule has 0 atom stereocenters. The van der Waals surface area contributed by atoms with E-state index in [4.69, 9.17) is 4.74 Å². The molecule has 0 unspecified atom stereocenters. The van der Waals surface area contributed by atoms with Gasteiger partial charge in [0, 0.05) is 43.2 Å². The normalized spacial score (nSPS) is 14.2. The van der Waals surface area contributed by atoms with Gasteiger partial charge in [-0.15, -0.1) is 0 Å². The summed E-state index contributed by atoms with van der Waals surface area (Å²) in [7, 11) is 0. The Kier molecular flexibility index (Phi) is 5.53. The predicted molar refractivity (Wildman–Crippen MR) is 113 cm³/mol. The number of ether oxygens (including phenoxy) is 1. The lowest BCUT2D eigenvalue weighted by molar-refractivity contribution is 0.122. The van der Waals surface area contributed by atoms with E-state index < -0.39 is 0 Å². The van der Waals surface area contributed by atoms with Crippen molar-refractivity contribution in [1.82, 2.24) is 19.5 Å². The lowest BCUT2D eigenvalue weighted by atomic mass is 10.2. The molecule has 1 N–H and O–H groups in total. The highest BCUT2D eigenvalue weighted by molar-refractivity contribution is 5.60. The largest absolute Gasteiger partial charge is 0.378 e. The molecule has 8 heteroatoms. The topological polar surface area (TPSA) is 85.2 Å². The van der Waals surface area contributed by atoms with Crippen LogP contribution in [0.5, 0.6) is 0 Å². The van der Waals surface area contributed by atoms with Crippen LogP contribution in [0.25, 0.3) is 11.3 Å². The van der Waals surface area contributed by atoms with Gasteiger partial charge in [0.25, 0.3) is 5.56 Å². The molecule has 0 radical (unpaired) electrons. The minimum absolute atomic E-state index is 0.0271. The average Bonchev–Trinajstić information content (AvgIpc) is 2.75. The monoisotopic (exact) mass is 392 g/mol. The van der Waals surface area contributed by atoms with E-state index in [1.165, 1.54) is 0 Å². The summed E-state index contributed by atoms with van der Waals surface area (Å²) in [5.41, 5.74) is 2.64. The summed E-state index contributed by atoms with van der Waals surface area (Å²) in [6.07, 6.45) is 5.36. The van der Waals surface area contributed by atoms with Crippen LogP contribution in [0, 0.1) is 0 Å². The molecular formula is C21H24N6O2. The zero-order valence-electron chi connectivity index (χ0n) is 16.6. The number of hydrogen-bond donors (Lipinski definition) is 1. The molecule has 1 fully saturated rings. The van der Waals surface area contributed by atoms with Crippen molar-refractivity contribution < 1.29 is 4.74 Å². The molecule has 150 valence electrons. The Bertz CT molecular complexity index is 1030. The first-order valence-electron chi connectivity index (χ1n) is 9.71. The Balaban J connectivity index is 1.52. The second-order valence-electron chi connectivity index (χ2n) is 7.15. The summed E-state index contributed by atoms with van der Waals surface area (Å²) in [5.74, 6) is 1.13. The number of morpholine rings is 1. The third kappa shape index (κ3) is 4.43. The van der Waals surface area contributed by atoms with E-state index in [1.807, 2.05) is 44.4 Å². The molecule has 0 spiro atoms. The van der Waals surface area contributed by atoms with E-state index in [-0.39, 0.29) is 11.6 Å². The molecule has 3 aromatic rings. The van der Waals surface area contributed by atoms with E-state index in [2.05, 4.69) is 25.2 Å².